The zero-order valence-corrected chi connectivity index (χ0v) is 11.0. The van der Waals surface area contributed by atoms with Crippen LogP contribution in [-0.4, -0.2) is 63.1 Å². The normalized spacial score (nSPS) is 40.2. The van der Waals surface area contributed by atoms with Gasteiger partial charge in [-0.2, -0.15) is 0 Å². The first kappa shape index (κ1) is 13.3. The van der Waals surface area contributed by atoms with Gasteiger partial charge < -0.3 is 10.4 Å². The van der Waals surface area contributed by atoms with Crippen LogP contribution in [0.4, 0.5) is 0 Å². The predicted octanol–water partition coefficient (Wildman–Crippen LogP) is -1.69. The second-order valence-corrected chi connectivity index (χ2v) is 9.25. The van der Waals surface area contributed by atoms with Gasteiger partial charge in [0.1, 0.15) is 0 Å². The molecular weight excluding hydrogens is 266 g/mol. The average molecular weight is 283 g/mol. The Morgan fingerprint density at radius 3 is 2.24 bits per heavy atom. The highest BCUT2D eigenvalue weighted by Crippen LogP contribution is 2.17. The average Bonchev–Trinajstić information content (AvgIpc) is 2.37. The molecule has 0 aliphatic carbocycles. The first-order chi connectivity index (χ1) is 7.77. The molecule has 2 aliphatic heterocycles. The Labute approximate surface area is 101 Å². The summed E-state index contributed by atoms with van der Waals surface area (Å²) in [6.07, 6.45) is 0.377. The molecule has 0 radical (unpaired) electrons. The summed E-state index contributed by atoms with van der Waals surface area (Å²) in [6.45, 7) is 0. The van der Waals surface area contributed by atoms with E-state index in [1.807, 2.05) is 0 Å². The van der Waals surface area contributed by atoms with Crippen molar-refractivity contribution in [2.75, 3.05) is 23.0 Å². The maximum atomic E-state index is 11.4. The van der Waals surface area contributed by atoms with Crippen LogP contribution in [0.3, 0.4) is 0 Å². The Morgan fingerprint density at radius 1 is 1.00 bits per heavy atom. The first-order valence-corrected chi connectivity index (χ1v) is 9.27. The molecule has 6 nitrogen and oxygen atoms in total. The van der Waals surface area contributed by atoms with Gasteiger partial charge in [-0.1, -0.05) is 0 Å². The van der Waals surface area contributed by atoms with Crippen LogP contribution >= 0.6 is 0 Å². The molecule has 0 bridgehead atoms. The first-order valence-electron chi connectivity index (χ1n) is 5.62. The van der Waals surface area contributed by atoms with E-state index in [0.717, 1.165) is 0 Å². The molecule has 0 spiro atoms. The number of aliphatic hydroxyl groups is 1. The van der Waals surface area contributed by atoms with E-state index >= 15 is 0 Å². The van der Waals surface area contributed by atoms with Crippen LogP contribution in [0.5, 0.6) is 0 Å². The summed E-state index contributed by atoms with van der Waals surface area (Å²) in [4.78, 5) is 0. The van der Waals surface area contributed by atoms with Crippen LogP contribution in [0.2, 0.25) is 0 Å². The van der Waals surface area contributed by atoms with Crippen LogP contribution in [-0.2, 0) is 19.7 Å². The lowest BCUT2D eigenvalue weighted by Gasteiger charge is -2.27. The summed E-state index contributed by atoms with van der Waals surface area (Å²) in [5.41, 5.74) is 0. The van der Waals surface area contributed by atoms with Gasteiger partial charge in [-0.05, 0) is 12.8 Å². The van der Waals surface area contributed by atoms with Gasteiger partial charge in [0.25, 0.3) is 0 Å². The summed E-state index contributed by atoms with van der Waals surface area (Å²) in [7, 11) is -6.20. The van der Waals surface area contributed by atoms with Crippen LogP contribution in [0.15, 0.2) is 0 Å². The third kappa shape index (κ3) is 3.40. The van der Waals surface area contributed by atoms with Gasteiger partial charge in [0.2, 0.25) is 0 Å². The minimum Gasteiger partial charge on any atom is -0.390 e. The van der Waals surface area contributed by atoms with Crippen molar-refractivity contribution < 1.29 is 21.9 Å². The van der Waals surface area contributed by atoms with Crippen LogP contribution in [0.25, 0.3) is 0 Å². The van der Waals surface area contributed by atoms with Crippen molar-refractivity contribution >= 4 is 19.7 Å². The smallest absolute Gasteiger partial charge is 0.154 e. The van der Waals surface area contributed by atoms with Gasteiger partial charge in [0.15, 0.2) is 19.7 Å². The Kier molecular flexibility index (Phi) is 3.50. The van der Waals surface area contributed by atoms with E-state index in [9.17, 15) is 21.9 Å². The van der Waals surface area contributed by atoms with Gasteiger partial charge in [0, 0.05) is 12.1 Å². The fourth-order valence-corrected chi connectivity index (χ4v) is 5.85. The van der Waals surface area contributed by atoms with E-state index in [1.54, 1.807) is 0 Å². The monoisotopic (exact) mass is 283 g/mol. The highest BCUT2D eigenvalue weighted by atomic mass is 32.2. The molecule has 0 saturated carbocycles. The molecule has 0 aromatic heterocycles. The molecule has 2 saturated heterocycles. The molecule has 2 heterocycles. The summed E-state index contributed by atoms with van der Waals surface area (Å²) in [5.74, 6) is -0.0954. The zero-order valence-electron chi connectivity index (χ0n) is 9.37. The number of nitrogens with one attached hydrogen (secondary N) is 1. The van der Waals surface area contributed by atoms with Gasteiger partial charge in [-0.25, -0.2) is 16.8 Å². The van der Waals surface area contributed by atoms with E-state index in [-0.39, 0.29) is 29.1 Å². The zero-order chi connectivity index (χ0) is 12.7. The standard InChI is InChI=1S/C9H17NO5S2/c11-9-6-17(14,15)5-8(9)10-7-2-1-3-16(12,13)4-7/h7-11H,1-6H2. The van der Waals surface area contributed by atoms with Crippen molar-refractivity contribution in [1.29, 1.82) is 0 Å². The van der Waals surface area contributed by atoms with E-state index in [1.165, 1.54) is 0 Å². The van der Waals surface area contributed by atoms with Gasteiger partial charge in [-0.15, -0.1) is 0 Å². The molecule has 0 aromatic rings. The fourth-order valence-electron chi connectivity index (χ4n) is 2.45. The molecule has 2 rings (SSSR count). The van der Waals surface area contributed by atoms with Crippen LogP contribution in [0, 0.1) is 0 Å². The van der Waals surface area contributed by atoms with Crippen molar-refractivity contribution in [3.05, 3.63) is 0 Å². The lowest BCUT2D eigenvalue weighted by Crippen LogP contribution is -2.49. The molecule has 0 aromatic carbocycles. The molecule has 100 valence electrons. The number of sulfone groups is 2. The summed E-state index contributed by atoms with van der Waals surface area (Å²) in [5, 5.41) is 12.6. The molecule has 17 heavy (non-hydrogen) atoms. The van der Waals surface area contributed by atoms with Gasteiger partial charge >= 0.3 is 0 Å². The summed E-state index contributed by atoms with van der Waals surface area (Å²) >= 11 is 0. The molecular formula is C9H17NO5S2. The predicted molar refractivity (Wildman–Crippen MR) is 63.3 cm³/mol. The number of hydrogen-bond acceptors (Lipinski definition) is 6. The maximum absolute atomic E-state index is 11.4. The molecule has 0 amide bonds. The summed E-state index contributed by atoms with van der Waals surface area (Å²) < 4.78 is 45.5. The van der Waals surface area contributed by atoms with Crippen molar-refractivity contribution in [2.45, 2.75) is 31.0 Å². The van der Waals surface area contributed by atoms with Crippen LogP contribution in [0.1, 0.15) is 12.8 Å². The fraction of sp³-hybridized carbons (Fsp3) is 1.00. The van der Waals surface area contributed by atoms with Crippen molar-refractivity contribution in [3.8, 4) is 0 Å². The minimum absolute atomic E-state index is 0.0380. The van der Waals surface area contributed by atoms with E-state index in [2.05, 4.69) is 5.32 Å². The quantitative estimate of drug-likeness (QED) is 0.627. The molecule has 2 fully saturated rings. The lowest BCUT2D eigenvalue weighted by molar-refractivity contribution is 0.159. The number of aliphatic hydroxyl groups excluding tert-OH is 1. The largest absolute Gasteiger partial charge is 0.390 e. The Bertz CT molecular complexity index is 484. The third-order valence-electron chi connectivity index (χ3n) is 3.24. The maximum Gasteiger partial charge on any atom is 0.154 e. The Balaban J connectivity index is 1.98. The highest BCUT2D eigenvalue weighted by molar-refractivity contribution is 7.91. The van der Waals surface area contributed by atoms with E-state index in [4.69, 9.17) is 0 Å². The van der Waals surface area contributed by atoms with Crippen molar-refractivity contribution in [1.82, 2.24) is 5.32 Å². The van der Waals surface area contributed by atoms with E-state index < -0.39 is 31.8 Å². The lowest BCUT2D eigenvalue weighted by atomic mass is 10.1. The van der Waals surface area contributed by atoms with Gasteiger partial charge in [0.05, 0.1) is 29.1 Å². The van der Waals surface area contributed by atoms with E-state index in [0.29, 0.717) is 12.8 Å². The topological polar surface area (TPSA) is 101 Å². The summed E-state index contributed by atoms with van der Waals surface area (Å²) in [6, 6.07) is -0.764. The second kappa shape index (κ2) is 4.49. The SMILES string of the molecule is O=S1(=O)CCCC(NC2CS(=O)(=O)CC2O)C1. The molecule has 2 N–H and O–H groups in total. The molecule has 3 atom stereocenters. The second-order valence-electron chi connectivity index (χ2n) is 4.87. The Hall–Kier alpha value is -0.180. The Morgan fingerprint density at radius 2 is 1.71 bits per heavy atom. The molecule has 3 unspecified atom stereocenters. The van der Waals surface area contributed by atoms with Crippen molar-refractivity contribution in [2.24, 2.45) is 0 Å². The molecule has 8 heteroatoms. The highest BCUT2D eigenvalue weighted by Gasteiger charge is 2.38. The minimum atomic E-state index is -3.19. The number of rotatable bonds is 2. The van der Waals surface area contributed by atoms with Crippen molar-refractivity contribution in [3.63, 3.8) is 0 Å². The van der Waals surface area contributed by atoms with Crippen LogP contribution < -0.4 is 5.32 Å². The van der Waals surface area contributed by atoms with Gasteiger partial charge in [-0.3, -0.25) is 0 Å². The number of hydrogen-bond donors (Lipinski definition) is 2. The third-order valence-corrected chi connectivity index (χ3v) is 6.77. The molecule has 2 aliphatic rings.